The first-order chi connectivity index (χ1) is 7.16. The Hall–Kier alpha value is -0.930. The van der Waals surface area contributed by atoms with E-state index in [0.717, 1.165) is 21.4 Å². The summed E-state index contributed by atoms with van der Waals surface area (Å²) < 4.78 is 4.31. The van der Waals surface area contributed by atoms with Crippen molar-refractivity contribution in [2.75, 3.05) is 0 Å². The van der Waals surface area contributed by atoms with Crippen LogP contribution in [0, 0.1) is 0 Å². The van der Waals surface area contributed by atoms with E-state index in [4.69, 9.17) is 11.6 Å². The van der Waals surface area contributed by atoms with Gasteiger partial charge in [0.25, 0.3) is 0 Å². The predicted molar refractivity (Wildman–Crippen MR) is 64.4 cm³/mol. The van der Waals surface area contributed by atoms with Crippen LogP contribution in [0.25, 0.3) is 10.6 Å². The monoisotopic (exact) mass is 238 g/mol. The van der Waals surface area contributed by atoms with Crippen molar-refractivity contribution in [3.63, 3.8) is 0 Å². The molecule has 0 unspecified atom stereocenters. The largest absolute Gasteiger partial charge is 0.219 e. The highest BCUT2D eigenvalue weighted by Gasteiger charge is 2.09. The lowest BCUT2D eigenvalue weighted by atomic mass is 10.2. The van der Waals surface area contributed by atoms with Crippen molar-refractivity contribution in [2.24, 2.45) is 0 Å². The molecule has 1 heterocycles. The van der Waals surface area contributed by atoms with Gasteiger partial charge in [0, 0.05) is 16.5 Å². The van der Waals surface area contributed by atoms with Gasteiger partial charge in [0.2, 0.25) is 0 Å². The Morgan fingerprint density at radius 1 is 1.33 bits per heavy atom. The van der Waals surface area contributed by atoms with Gasteiger partial charge in [0.15, 0.2) is 0 Å². The number of aromatic nitrogens is 2. The third-order valence-corrected chi connectivity index (χ3v) is 3.04. The number of halogens is 1. The van der Waals surface area contributed by atoms with E-state index < -0.39 is 0 Å². The molecule has 0 radical (unpaired) electrons. The summed E-state index contributed by atoms with van der Waals surface area (Å²) in [5, 5.41) is 1.66. The molecule has 0 fully saturated rings. The molecule has 0 N–H and O–H groups in total. The summed E-state index contributed by atoms with van der Waals surface area (Å²) in [4.78, 5) is 4.47. The quantitative estimate of drug-likeness (QED) is 0.791. The molecule has 0 aliphatic rings. The molecule has 0 aliphatic carbocycles. The number of nitrogens with zero attached hydrogens (tertiary/aromatic N) is 2. The van der Waals surface area contributed by atoms with Crippen molar-refractivity contribution in [1.29, 1.82) is 0 Å². The average Bonchev–Trinajstić information content (AvgIpc) is 2.66. The molecule has 2 aromatic rings. The van der Waals surface area contributed by atoms with E-state index >= 15 is 0 Å². The lowest BCUT2D eigenvalue weighted by molar-refractivity contribution is 0.800. The third kappa shape index (κ3) is 2.36. The topological polar surface area (TPSA) is 25.8 Å². The molecule has 15 heavy (non-hydrogen) atoms. The zero-order chi connectivity index (χ0) is 10.8. The van der Waals surface area contributed by atoms with E-state index in [1.807, 2.05) is 24.3 Å². The summed E-state index contributed by atoms with van der Waals surface area (Å²) in [6.45, 7) is 4.17. The van der Waals surface area contributed by atoms with Crippen LogP contribution >= 0.6 is 23.1 Å². The van der Waals surface area contributed by atoms with Gasteiger partial charge in [0.05, 0.1) is 0 Å². The van der Waals surface area contributed by atoms with E-state index in [1.165, 1.54) is 11.5 Å². The summed E-state index contributed by atoms with van der Waals surface area (Å²) in [6.07, 6.45) is 0. The number of rotatable bonds is 2. The van der Waals surface area contributed by atoms with Crippen LogP contribution in [0.15, 0.2) is 24.3 Å². The van der Waals surface area contributed by atoms with E-state index in [1.54, 1.807) is 0 Å². The van der Waals surface area contributed by atoms with Gasteiger partial charge < -0.3 is 0 Å². The molecule has 0 saturated heterocycles. The molecule has 0 bridgehead atoms. The fraction of sp³-hybridized carbons (Fsp3) is 0.273. The van der Waals surface area contributed by atoms with E-state index in [-0.39, 0.29) is 0 Å². The lowest BCUT2D eigenvalue weighted by Gasteiger charge is -1.96. The van der Waals surface area contributed by atoms with Gasteiger partial charge in [-0.2, -0.15) is 4.37 Å². The number of hydrogen-bond donors (Lipinski definition) is 0. The van der Waals surface area contributed by atoms with Gasteiger partial charge >= 0.3 is 0 Å². The Labute approximate surface area is 98.1 Å². The molecule has 0 amide bonds. The highest BCUT2D eigenvalue weighted by atomic mass is 35.5. The average molecular weight is 239 g/mol. The van der Waals surface area contributed by atoms with Gasteiger partial charge in [-0.25, -0.2) is 4.98 Å². The van der Waals surface area contributed by atoms with Crippen molar-refractivity contribution >= 4 is 23.1 Å². The maximum atomic E-state index is 5.92. The standard InChI is InChI=1S/C11H11ClN2S/c1-7(2)10-13-11(15-14-10)8-4-3-5-9(12)6-8/h3-7H,1-2H3. The Morgan fingerprint density at radius 2 is 2.13 bits per heavy atom. The first-order valence-corrected chi connectivity index (χ1v) is 5.91. The highest BCUT2D eigenvalue weighted by Crippen LogP contribution is 2.25. The van der Waals surface area contributed by atoms with Gasteiger partial charge in [-0.1, -0.05) is 37.6 Å². The van der Waals surface area contributed by atoms with Crippen LogP contribution in [0.4, 0.5) is 0 Å². The maximum absolute atomic E-state index is 5.92. The minimum Gasteiger partial charge on any atom is -0.219 e. The lowest BCUT2D eigenvalue weighted by Crippen LogP contribution is -1.89. The van der Waals surface area contributed by atoms with E-state index in [0.29, 0.717) is 5.92 Å². The first-order valence-electron chi connectivity index (χ1n) is 4.76. The van der Waals surface area contributed by atoms with Gasteiger partial charge in [-0.15, -0.1) is 0 Å². The van der Waals surface area contributed by atoms with Crippen molar-refractivity contribution in [1.82, 2.24) is 9.36 Å². The fourth-order valence-corrected chi connectivity index (χ4v) is 2.20. The summed E-state index contributed by atoms with van der Waals surface area (Å²) in [5.74, 6) is 1.27. The fourth-order valence-electron chi connectivity index (χ4n) is 1.21. The molecule has 0 atom stereocenters. The van der Waals surface area contributed by atoms with E-state index in [9.17, 15) is 0 Å². The van der Waals surface area contributed by atoms with Crippen LogP contribution in [0.5, 0.6) is 0 Å². The van der Waals surface area contributed by atoms with Gasteiger partial charge in [-0.05, 0) is 23.7 Å². The molecule has 1 aromatic heterocycles. The molecule has 0 spiro atoms. The Balaban J connectivity index is 2.37. The van der Waals surface area contributed by atoms with Crippen molar-refractivity contribution in [3.8, 4) is 10.6 Å². The van der Waals surface area contributed by atoms with Crippen molar-refractivity contribution < 1.29 is 0 Å². The van der Waals surface area contributed by atoms with Gasteiger partial charge in [0.1, 0.15) is 10.8 Å². The second kappa shape index (κ2) is 4.29. The van der Waals surface area contributed by atoms with Crippen LogP contribution < -0.4 is 0 Å². The molecular formula is C11H11ClN2S. The first kappa shape index (κ1) is 10.6. The molecule has 4 heteroatoms. The van der Waals surface area contributed by atoms with E-state index in [2.05, 4.69) is 23.2 Å². The second-order valence-electron chi connectivity index (χ2n) is 3.62. The Bertz CT molecular complexity index is 465. The molecule has 2 nitrogen and oxygen atoms in total. The normalized spacial score (nSPS) is 10.9. The SMILES string of the molecule is CC(C)c1nsc(-c2cccc(Cl)c2)n1. The van der Waals surface area contributed by atoms with Crippen LogP contribution in [-0.4, -0.2) is 9.36 Å². The van der Waals surface area contributed by atoms with Crippen LogP contribution in [-0.2, 0) is 0 Å². The maximum Gasteiger partial charge on any atom is 0.145 e. The van der Waals surface area contributed by atoms with Crippen LogP contribution in [0.2, 0.25) is 5.02 Å². The molecule has 1 aromatic carbocycles. The summed E-state index contributed by atoms with van der Waals surface area (Å²) in [6, 6.07) is 7.69. The Kier molecular flexibility index (Phi) is 3.03. The molecular weight excluding hydrogens is 228 g/mol. The van der Waals surface area contributed by atoms with Crippen LogP contribution in [0.1, 0.15) is 25.6 Å². The minimum absolute atomic E-state index is 0.370. The van der Waals surface area contributed by atoms with Gasteiger partial charge in [-0.3, -0.25) is 0 Å². The predicted octanol–water partition coefficient (Wildman–Crippen LogP) is 3.98. The number of hydrogen-bond acceptors (Lipinski definition) is 3. The zero-order valence-electron chi connectivity index (χ0n) is 8.57. The Morgan fingerprint density at radius 3 is 2.73 bits per heavy atom. The zero-order valence-corrected chi connectivity index (χ0v) is 10.1. The number of benzene rings is 1. The molecule has 0 saturated carbocycles. The summed E-state index contributed by atoms with van der Waals surface area (Å²) in [5.41, 5.74) is 1.03. The minimum atomic E-state index is 0.370. The summed E-state index contributed by atoms with van der Waals surface area (Å²) >= 11 is 7.34. The molecule has 78 valence electrons. The molecule has 2 rings (SSSR count). The second-order valence-corrected chi connectivity index (χ2v) is 4.81. The third-order valence-electron chi connectivity index (χ3n) is 2.03. The van der Waals surface area contributed by atoms with Crippen LogP contribution in [0.3, 0.4) is 0 Å². The summed E-state index contributed by atoms with van der Waals surface area (Å²) in [7, 11) is 0. The van der Waals surface area contributed by atoms with Crippen molar-refractivity contribution in [3.05, 3.63) is 35.1 Å². The smallest absolute Gasteiger partial charge is 0.145 e. The highest BCUT2D eigenvalue weighted by molar-refractivity contribution is 7.09. The molecule has 0 aliphatic heterocycles. The van der Waals surface area contributed by atoms with Crippen molar-refractivity contribution in [2.45, 2.75) is 19.8 Å².